The minimum Gasteiger partial charge on any atom is -0.507 e. The number of benzene rings is 2. The van der Waals surface area contributed by atoms with E-state index in [2.05, 4.69) is 4.90 Å². The maximum absolute atomic E-state index is 13.6. The summed E-state index contributed by atoms with van der Waals surface area (Å²) in [6.07, 6.45) is 2.19. The molecule has 11 nitrogen and oxygen atoms in total. The summed E-state index contributed by atoms with van der Waals surface area (Å²) in [5.74, 6) is 0.546. The molecule has 1 amide bonds. The van der Waals surface area contributed by atoms with Crippen LogP contribution in [0.15, 0.2) is 29.8 Å². The molecular formula is C28H30N2O9. The number of carbonyl (C=O) groups excluding carboxylic acids is 2. The monoisotopic (exact) mass is 538 g/mol. The number of methoxy groups -OCH3 is 2. The largest absolute Gasteiger partial charge is 0.507 e. The van der Waals surface area contributed by atoms with Crippen LogP contribution in [0.2, 0.25) is 0 Å². The van der Waals surface area contributed by atoms with Gasteiger partial charge >= 0.3 is 0 Å². The summed E-state index contributed by atoms with van der Waals surface area (Å²) in [5, 5.41) is 11.6. The van der Waals surface area contributed by atoms with E-state index >= 15 is 0 Å². The average Bonchev–Trinajstić information content (AvgIpc) is 3.71. The number of hydrogen-bond donors (Lipinski definition) is 1. The second-order valence-electron chi connectivity index (χ2n) is 9.67. The van der Waals surface area contributed by atoms with Crippen LogP contribution in [-0.2, 0) is 9.59 Å². The lowest BCUT2D eigenvalue weighted by molar-refractivity contribution is -0.140. The van der Waals surface area contributed by atoms with Crippen LogP contribution in [0.3, 0.4) is 0 Å². The Morgan fingerprint density at radius 1 is 0.949 bits per heavy atom. The zero-order valence-electron chi connectivity index (χ0n) is 21.9. The molecule has 2 saturated heterocycles. The third-order valence-electron chi connectivity index (χ3n) is 7.52. The molecule has 0 aliphatic carbocycles. The van der Waals surface area contributed by atoms with Gasteiger partial charge in [0.25, 0.3) is 11.7 Å². The van der Waals surface area contributed by atoms with Crippen molar-refractivity contribution in [3.63, 3.8) is 0 Å². The number of amides is 1. The van der Waals surface area contributed by atoms with Crippen molar-refractivity contribution in [2.24, 2.45) is 0 Å². The number of ketones is 1. The highest BCUT2D eigenvalue weighted by molar-refractivity contribution is 6.46. The first kappa shape index (κ1) is 25.2. The normalized spacial score (nSPS) is 21.5. The molecule has 11 heteroatoms. The summed E-state index contributed by atoms with van der Waals surface area (Å²) < 4.78 is 33.9. The van der Waals surface area contributed by atoms with E-state index in [9.17, 15) is 14.7 Å². The zero-order valence-corrected chi connectivity index (χ0v) is 21.9. The van der Waals surface area contributed by atoms with Gasteiger partial charge in [-0.15, -0.1) is 0 Å². The molecule has 0 radical (unpaired) electrons. The number of Topliss-reactive ketones (excluding diaryl/α,β-unsaturated/α-hetero) is 1. The van der Waals surface area contributed by atoms with Crippen LogP contribution < -0.4 is 28.4 Å². The van der Waals surface area contributed by atoms with Crippen molar-refractivity contribution in [2.75, 3.05) is 60.4 Å². The Labute approximate surface area is 225 Å². The first-order chi connectivity index (χ1) is 19.0. The topological polar surface area (TPSA) is 116 Å². The van der Waals surface area contributed by atoms with Crippen molar-refractivity contribution < 1.29 is 43.1 Å². The molecule has 0 spiro atoms. The SMILES string of the molecule is COc1cc(C2/C(=C(\O)c3ccc4c(c3)OCCO4)C(=O)C(=O)N2CCN2CCCC2)c(OC)c2c1OCO2. The number of ether oxygens (including phenoxy) is 6. The number of aliphatic hydroxyl groups excluding tert-OH is 1. The van der Waals surface area contributed by atoms with Crippen molar-refractivity contribution >= 4 is 17.4 Å². The molecule has 2 aromatic carbocycles. The highest BCUT2D eigenvalue weighted by Crippen LogP contribution is 2.54. The molecule has 2 aromatic rings. The van der Waals surface area contributed by atoms with Crippen molar-refractivity contribution in [3.8, 4) is 34.5 Å². The fourth-order valence-electron chi connectivity index (χ4n) is 5.63. The summed E-state index contributed by atoms with van der Waals surface area (Å²) in [7, 11) is 2.97. The number of nitrogens with zero attached hydrogens (tertiary/aromatic N) is 2. The summed E-state index contributed by atoms with van der Waals surface area (Å²) in [6.45, 7) is 3.51. The third kappa shape index (κ3) is 4.26. The van der Waals surface area contributed by atoms with Gasteiger partial charge in [0.1, 0.15) is 19.0 Å². The number of aliphatic hydroxyl groups is 1. The number of likely N-dealkylation sites (tertiary alicyclic amines) is 2. The smallest absolute Gasteiger partial charge is 0.295 e. The second kappa shape index (κ2) is 10.2. The standard InChI is InChI=1S/C28H30N2O9/c1-34-20-14-17(25(35-2)27-26(20)38-15-39-27)22-21(23(31)16-5-6-18-19(13-16)37-12-11-36-18)24(32)28(33)30(22)10-9-29-7-3-4-8-29/h5-6,13-14,22,31H,3-4,7-12,15H2,1-2H3/b23-21+. The zero-order chi connectivity index (χ0) is 27.1. The fourth-order valence-corrected chi connectivity index (χ4v) is 5.63. The summed E-state index contributed by atoms with van der Waals surface area (Å²) in [5.41, 5.74) is 0.712. The molecule has 6 rings (SSSR count). The van der Waals surface area contributed by atoms with Crippen molar-refractivity contribution in [1.82, 2.24) is 9.80 Å². The Hall–Kier alpha value is -4.12. The van der Waals surface area contributed by atoms with Crippen LogP contribution in [0.25, 0.3) is 5.76 Å². The number of hydrogen-bond acceptors (Lipinski definition) is 10. The van der Waals surface area contributed by atoms with Gasteiger partial charge in [0, 0.05) is 24.2 Å². The van der Waals surface area contributed by atoms with E-state index < -0.39 is 17.7 Å². The van der Waals surface area contributed by atoms with Crippen LogP contribution in [0.1, 0.15) is 30.0 Å². The van der Waals surface area contributed by atoms with Gasteiger partial charge in [0.15, 0.2) is 23.0 Å². The molecule has 1 atom stereocenters. The Bertz CT molecular complexity index is 1350. The van der Waals surface area contributed by atoms with Gasteiger partial charge in [-0.25, -0.2) is 0 Å². The maximum atomic E-state index is 13.6. The first-order valence-electron chi connectivity index (χ1n) is 13.0. The minimum atomic E-state index is -0.959. The lowest BCUT2D eigenvalue weighted by Crippen LogP contribution is -2.37. The first-order valence-corrected chi connectivity index (χ1v) is 13.0. The number of fused-ring (bicyclic) bond motifs is 2. The molecule has 0 aromatic heterocycles. The van der Waals surface area contributed by atoms with Gasteiger partial charge in [0.2, 0.25) is 18.3 Å². The fraction of sp³-hybridized carbons (Fsp3) is 0.429. The summed E-state index contributed by atoms with van der Waals surface area (Å²) >= 11 is 0. The molecule has 4 aliphatic heterocycles. The molecule has 1 unspecified atom stereocenters. The van der Waals surface area contributed by atoms with Crippen LogP contribution in [-0.4, -0.2) is 87.0 Å². The Balaban J connectivity index is 1.50. The Morgan fingerprint density at radius 2 is 1.69 bits per heavy atom. The Morgan fingerprint density at radius 3 is 2.44 bits per heavy atom. The third-order valence-corrected chi connectivity index (χ3v) is 7.52. The van der Waals surface area contributed by atoms with Crippen LogP contribution in [0.4, 0.5) is 0 Å². The van der Waals surface area contributed by atoms with Crippen LogP contribution >= 0.6 is 0 Å². The van der Waals surface area contributed by atoms with Crippen LogP contribution in [0, 0.1) is 0 Å². The van der Waals surface area contributed by atoms with E-state index in [-0.39, 0.29) is 24.7 Å². The van der Waals surface area contributed by atoms with Gasteiger partial charge in [-0.3, -0.25) is 9.59 Å². The molecule has 39 heavy (non-hydrogen) atoms. The molecular weight excluding hydrogens is 508 g/mol. The van der Waals surface area contributed by atoms with E-state index in [4.69, 9.17) is 28.4 Å². The van der Waals surface area contributed by atoms with E-state index in [1.807, 2.05) is 0 Å². The van der Waals surface area contributed by atoms with E-state index in [0.29, 0.717) is 65.4 Å². The molecule has 4 heterocycles. The Kier molecular flexibility index (Phi) is 6.59. The molecule has 2 fully saturated rings. The molecule has 4 aliphatic rings. The molecule has 0 bridgehead atoms. The van der Waals surface area contributed by atoms with Crippen molar-refractivity contribution in [1.29, 1.82) is 0 Å². The minimum absolute atomic E-state index is 0.0299. The lowest BCUT2D eigenvalue weighted by atomic mass is 9.93. The van der Waals surface area contributed by atoms with Crippen molar-refractivity contribution in [2.45, 2.75) is 18.9 Å². The predicted octanol–water partition coefficient (Wildman–Crippen LogP) is 2.72. The maximum Gasteiger partial charge on any atom is 0.295 e. The van der Waals surface area contributed by atoms with Crippen LogP contribution in [0.5, 0.6) is 34.5 Å². The van der Waals surface area contributed by atoms with Gasteiger partial charge in [0.05, 0.1) is 25.8 Å². The van der Waals surface area contributed by atoms with Gasteiger partial charge in [-0.1, -0.05) is 0 Å². The van der Waals surface area contributed by atoms with E-state index in [0.717, 1.165) is 25.9 Å². The highest BCUT2D eigenvalue weighted by atomic mass is 16.7. The number of carbonyl (C=O) groups is 2. The molecule has 1 N–H and O–H groups in total. The average molecular weight is 539 g/mol. The van der Waals surface area contributed by atoms with E-state index in [1.54, 1.807) is 24.3 Å². The highest BCUT2D eigenvalue weighted by Gasteiger charge is 2.48. The second-order valence-corrected chi connectivity index (χ2v) is 9.67. The van der Waals surface area contributed by atoms with E-state index in [1.165, 1.54) is 19.1 Å². The lowest BCUT2D eigenvalue weighted by Gasteiger charge is -2.29. The quantitative estimate of drug-likeness (QED) is 0.320. The summed E-state index contributed by atoms with van der Waals surface area (Å²) in [4.78, 5) is 30.8. The number of rotatable bonds is 7. The van der Waals surface area contributed by atoms with Gasteiger partial charge < -0.3 is 43.3 Å². The van der Waals surface area contributed by atoms with Gasteiger partial charge in [-0.2, -0.15) is 0 Å². The summed E-state index contributed by atoms with van der Waals surface area (Å²) in [6, 6.07) is 5.62. The van der Waals surface area contributed by atoms with Gasteiger partial charge in [-0.05, 0) is 50.2 Å². The van der Waals surface area contributed by atoms with Crippen molar-refractivity contribution in [3.05, 3.63) is 41.0 Å². The molecule has 206 valence electrons. The molecule has 0 saturated carbocycles. The predicted molar refractivity (Wildman–Crippen MR) is 138 cm³/mol.